The monoisotopic (exact) mass is 210 g/mol. The van der Waals surface area contributed by atoms with Gasteiger partial charge in [-0.1, -0.05) is 13.8 Å². The van der Waals surface area contributed by atoms with E-state index >= 15 is 0 Å². The highest BCUT2D eigenvalue weighted by molar-refractivity contribution is 5.12. The zero-order valence-corrected chi connectivity index (χ0v) is 9.63. The average Bonchev–Trinajstić information content (AvgIpc) is 2.27. The maximum absolute atomic E-state index is 12.7. The van der Waals surface area contributed by atoms with E-state index in [0.717, 1.165) is 18.5 Å². The van der Waals surface area contributed by atoms with E-state index in [0.29, 0.717) is 12.0 Å². The van der Waals surface area contributed by atoms with Gasteiger partial charge in [0.05, 0.1) is 6.20 Å². The number of likely N-dealkylation sites (N-methyl/N-ethyl adjacent to an activating group) is 1. The molecule has 0 saturated heterocycles. The van der Waals surface area contributed by atoms with Crippen LogP contribution in [-0.4, -0.2) is 18.1 Å². The van der Waals surface area contributed by atoms with Gasteiger partial charge >= 0.3 is 0 Å². The fourth-order valence-electron chi connectivity index (χ4n) is 2.00. The minimum Gasteiger partial charge on any atom is -0.316 e. The van der Waals surface area contributed by atoms with Crippen LogP contribution in [0.2, 0.25) is 0 Å². The smallest absolute Gasteiger partial charge is 0.141 e. The average molecular weight is 210 g/mol. The van der Waals surface area contributed by atoms with Crippen LogP contribution < -0.4 is 5.32 Å². The predicted molar refractivity (Wildman–Crippen MR) is 60.4 cm³/mol. The molecule has 0 aliphatic heterocycles. The lowest BCUT2D eigenvalue weighted by Gasteiger charge is -2.24. The van der Waals surface area contributed by atoms with Gasteiger partial charge < -0.3 is 5.32 Å². The van der Waals surface area contributed by atoms with E-state index in [1.54, 1.807) is 6.07 Å². The Balaban J connectivity index is 2.86. The molecule has 0 aromatic carbocycles. The Kier molecular flexibility index (Phi) is 4.69. The summed E-state index contributed by atoms with van der Waals surface area (Å²) >= 11 is 0. The Morgan fingerprint density at radius 2 is 2.07 bits per heavy atom. The van der Waals surface area contributed by atoms with Crippen molar-refractivity contribution in [1.29, 1.82) is 0 Å². The summed E-state index contributed by atoms with van der Waals surface area (Å²) in [5, 5.41) is 3.28. The molecule has 1 aromatic rings. The van der Waals surface area contributed by atoms with Crippen molar-refractivity contribution in [2.45, 2.75) is 38.6 Å². The Hall–Kier alpha value is -0.960. The maximum Gasteiger partial charge on any atom is 0.141 e. The molecule has 0 aliphatic carbocycles. The van der Waals surface area contributed by atoms with Gasteiger partial charge in [-0.3, -0.25) is 4.98 Å². The molecule has 0 aliphatic rings. The molecule has 0 saturated carbocycles. The highest BCUT2D eigenvalue weighted by atomic mass is 19.1. The van der Waals surface area contributed by atoms with Crippen molar-refractivity contribution in [1.82, 2.24) is 10.3 Å². The van der Waals surface area contributed by atoms with Gasteiger partial charge in [-0.25, -0.2) is 4.39 Å². The number of aromatic nitrogens is 1. The van der Waals surface area contributed by atoms with E-state index in [9.17, 15) is 4.39 Å². The number of rotatable bonds is 5. The Bertz CT molecular complexity index is 280. The minimum atomic E-state index is -0.272. The maximum atomic E-state index is 12.7. The lowest BCUT2D eigenvalue weighted by Crippen LogP contribution is -2.31. The van der Waals surface area contributed by atoms with Crippen LogP contribution in [0.4, 0.5) is 4.39 Å². The second kappa shape index (κ2) is 5.81. The molecule has 84 valence electrons. The zero-order chi connectivity index (χ0) is 11.3. The minimum absolute atomic E-state index is 0.272. The summed E-state index contributed by atoms with van der Waals surface area (Å²) in [6.45, 7) is 4.28. The van der Waals surface area contributed by atoms with Gasteiger partial charge in [0.2, 0.25) is 0 Å². The second-order valence-electron chi connectivity index (χ2n) is 3.72. The van der Waals surface area contributed by atoms with Crippen molar-refractivity contribution in [3.8, 4) is 0 Å². The van der Waals surface area contributed by atoms with Crippen LogP contribution >= 0.6 is 0 Å². The van der Waals surface area contributed by atoms with Crippen molar-refractivity contribution >= 4 is 0 Å². The summed E-state index contributed by atoms with van der Waals surface area (Å²) in [7, 11) is 1.96. The van der Waals surface area contributed by atoms with Crippen LogP contribution in [0.1, 0.15) is 38.3 Å². The second-order valence-corrected chi connectivity index (χ2v) is 3.72. The van der Waals surface area contributed by atoms with E-state index in [2.05, 4.69) is 24.1 Å². The summed E-state index contributed by atoms with van der Waals surface area (Å²) in [5.74, 6) is 0.0895. The van der Waals surface area contributed by atoms with E-state index in [1.807, 2.05) is 7.05 Å². The zero-order valence-electron chi connectivity index (χ0n) is 9.63. The van der Waals surface area contributed by atoms with E-state index in [4.69, 9.17) is 0 Å². The van der Waals surface area contributed by atoms with Crippen LogP contribution in [0.5, 0.6) is 0 Å². The van der Waals surface area contributed by atoms with Crippen LogP contribution in [0.25, 0.3) is 0 Å². The van der Waals surface area contributed by atoms with Gasteiger partial charge in [-0.15, -0.1) is 0 Å². The standard InChI is InChI=1S/C12H19FN2/c1-4-10(11(5-2)14-3)12-7-6-9(13)8-15-12/h6-8,10-11,14H,4-5H2,1-3H3. The van der Waals surface area contributed by atoms with Crippen molar-refractivity contribution < 1.29 is 4.39 Å². The molecule has 3 heteroatoms. The first-order valence-corrected chi connectivity index (χ1v) is 5.51. The molecule has 2 nitrogen and oxygen atoms in total. The highest BCUT2D eigenvalue weighted by Gasteiger charge is 2.19. The van der Waals surface area contributed by atoms with Gasteiger partial charge in [-0.05, 0) is 32.0 Å². The van der Waals surface area contributed by atoms with E-state index in [1.165, 1.54) is 12.3 Å². The number of pyridine rings is 1. The molecule has 1 heterocycles. The molecule has 0 radical (unpaired) electrons. The third-order valence-electron chi connectivity index (χ3n) is 2.87. The lowest BCUT2D eigenvalue weighted by atomic mass is 9.91. The molecule has 1 N–H and O–H groups in total. The highest BCUT2D eigenvalue weighted by Crippen LogP contribution is 2.23. The molecular weight excluding hydrogens is 191 g/mol. The van der Waals surface area contributed by atoms with Gasteiger partial charge in [0, 0.05) is 17.7 Å². The molecule has 1 aromatic heterocycles. The molecule has 0 spiro atoms. The Morgan fingerprint density at radius 1 is 1.33 bits per heavy atom. The SMILES string of the molecule is CCC(NC)C(CC)c1ccc(F)cn1. The quantitative estimate of drug-likeness (QED) is 0.808. The largest absolute Gasteiger partial charge is 0.316 e. The number of hydrogen-bond donors (Lipinski definition) is 1. The van der Waals surface area contributed by atoms with Crippen molar-refractivity contribution in [2.24, 2.45) is 0 Å². The summed E-state index contributed by atoms with van der Waals surface area (Å²) in [4.78, 5) is 4.15. The first-order valence-electron chi connectivity index (χ1n) is 5.51. The number of nitrogens with zero attached hydrogens (tertiary/aromatic N) is 1. The van der Waals surface area contributed by atoms with Crippen molar-refractivity contribution in [2.75, 3.05) is 7.05 Å². The summed E-state index contributed by atoms with van der Waals surface area (Å²) in [6.07, 6.45) is 3.35. The molecule has 0 fully saturated rings. The van der Waals surface area contributed by atoms with Crippen molar-refractivity contribution in [3.05, 3.63) is 29.8 Å². The van der Waals surface area contributed by atoms with Crippen LogP contribution in [-0.2, 0) is 0 Å². The van der Waals surface area contributed by atoms with Gasteiger partial charge in [0.1, 0.15) is 5.82 Å². The normalized spacial score (nSPS) is 14.9. The fourth-order valence-corrected chi connectivity index (χ4v) is 2.00. The van der Waals surface area contributed by atoms with Crippen LogP contribution in [0, 0.1) is 5.82 Å². The van der Waals surface area contributed by atoms with Gasteiger partial charge in [-0.2, -0.15) is 0 Å². The van der Waals surface area contributed by atoms with E-state index in [-0.39, 0.29) is 5.82 Å². The summed E-state index contributed by atoms with van der Waals surface area (Å²) in [5.41, 5.74) is 0.972. The first kappa shape index (κ1) is 12.1. The summed E-state index contributed by atoms with van der Waals surface area (Å²) in [6, 6.07) is 3.67. The summed E-state index contributed by atoms with van der Waals surface area (Å²) < 4.78 is 12.7. The topological polar surface area (TPSA) is 24.9 Å². The van der Waals surface area contributed by atoms with Crippen LogP contribution in [0.3, 0.4) is 0 Å². The number of nitrogens with one attached hydrogen (secondary N) is 1. The molecule has 15 heavy (non-hydrogen) atoms. The van der Waals surface area contributed by atoms with Gasteiger partial charge in [0.15, 0.2) is 0 Å². The molecular formula is C12H19FN2. The Labute approximate surface area is 90.9 Å². The third-order valence-corrected chi connectivity index (χ3v) is 2.87. The third kappa shape index (κ3) is 2.99. The van der Waals surface area contributed by atoms with Crippen LogP contribution in [0.15, 0.2) is 18.3 Å². The first-order chi connectivity index (χ1) is 7.22. The number of hydrogen-bond acceptors (Lipinski definition) is 2. The molecule has 1 rings (SSSR count). The molecule has 0 amide bonds. The van der Waals surface area contributed by atoms with Gasteiger partial charge in [0.25, 0.3) is 0 Å². The molecule has 2 atom stereocenters. The van der Waals surface area contributed by atoms with Crippen molar-refractivity contribution in [3.63, 3.8) is 0 Å². The Morgan fingerprint density at radius 3 is 2.47 bits per heavy atom. The van der Waals surface area contributed by atoms with E-state index < -0.39 is 0 Å². The predicted octanol–water partition coefficient (Wildman–Crippen LogP) is 2.71. The number of halogens is 1. The fraction of sp³-hybridized carbons (Fsp3) is 0.583. The molecule has 2 unspecified atom stereocenters. The molecule has 0 bridgehead atoms. The lowest BCUT2D eigenvalue weighted by molar-refractivity contribution is 0.431.